The van der Waals surface area contributed by atoms with Crippen molar-refractivity contribution in [1.82, 2.24) is 10.6 Å². The number of amides is 1. The van der Waals surface area contributed by atoms with Crippen molar-refractivity contribution in [3.8, 4) is 0 Å². The number of aliphatic carboxylic acids is 1. The van der Waals surface area contributed by atoms with Crippen LogP contribution >= 0.6 is 0 Å². The highest BCUT2D eigenvalue weighted by molar-refractivity contribution is 5.82. The predicted molar refractivity (Wildman–Crippen MR) is 69.3 cm³/mol. The maximum atomic E-state index is 12.1. The van der Waals surface area contributed by atoms with Crippen molar-refractivity contribution in [2.45, 2.75) is 58.0 Å². The van der Waals surface area contributed by atoms with E-state index in [1.165, 1.54) is 0 Å². The highest BCUT2D eigenvalue weighted by Crippen LogP contribution is 2.17. The van der Waals surface area contributed by atoms with Crippen LogP contribution in [0.25, 0.3) is 0 Å². The van der Waals surface area contributed by atoms with Crippen LogP contribution in [0.1, 0.15) is 46.5 Å². The molecule has 0 bridgehead atoms. The SMILES string of the molecule is CC1CCNC(C(=O)NC(C)(C)CCC(=O)O)C1. The van der Waals surface area contributed by atoms with Crippen LogP contribution in [0.2, 0.25) is 0 Å². The molecule has 1 heterocycles. The molecule has 1 aliphatic heterocycles. The molecule has 104 valence electrons. The van der Waals surface area contributed by atoms with E-state index in [1.807, 2.05) is 13.8 Å². The van der Waals surface area contributed by atoms with Gasteiger partial charge in [-0.05, 0) is 45.6 Å². The van der Waals surface area contributed by atoms with Crippen LogP contribution in [-0.2, 0) is 9.59 Å². The minimum Gasteiger partial charge on any atom is -0.481 e. The Morgan fingerprint density at radius 3 is 2.67 bits per heavy atom. The summed E-state index contributed by atoms with van der Waals surface area (Å²) in [5.74, 6) is -0.289. The van der Waals surface area contributed by atoms with Crippen molar-refractivity contribution in [1.29, 1.82) is 0 Å². The van der Waals surface area contributed by atoms with Crippen LogP contribution < -0.4 is 10.6 Å². The van der Waals surface area contributed by atoms with Gasteiger partial charge in [0.2, 0.25) is 5.91 Å². The second kappa shape index (κ2) is 6.18. The van der Waals surface area contributed by atoms with E-state index in [4.69, 9.17) is 5.11 Å². The predicted octanol–water partition coefficient (Wildman–Crippen LogP) is 1.13. The molecule has 1 aliphatic rings. The van der Waals surface area contributed by atoms with Crippen LogP contribution in [0.5, 0.6) is 0 Å². The van der Waals surface area contributed by atoms with E-state index in [0.29, 0.717) is 12.3 Å². The monoisotopic (exact) mass is 256 g/mol. The van der Waals surface area contributed by atoms with Crippen LogP contribution in [0, 0.1) is 5.92 Å². The molecule has 5 heteroatoms. The number of piperidine rings is 1. The molecule has 0 aliphatic carbocycles. The fourth-order valence-electron chi connectivity index (χ4n) is 2.21. The Hall–Kier alpha value is -1.10. The third-order valence-electron chi connectivity index (χ3n) is 3.41. The van der Waals surface area contributed by atoms with Crippen LogP contribution in [0.4, 0.5) is 0 Å². The first-order chi connectivity index (χ1) is 8.30. The van der Waals surface area contributed by atoms with Crippen molar-refractivity contribution in [2.24, 2.45) is 5.92 Å². The molecule has 2 atom stereocenters. The molecular weight excluding hydrogens is 232 g/mol. The second-order valence-electron chi connectivity index (χ2n) is 5.90. The van der Waals surface area contributed by atoms with Gasteiger partial charge in [-0.3, -0.25) is 9.59 Å². The van der Waals surface area contributed by atoms with Gasteiger partial charge in [0, 0.05) is 12.0 Å². The Labute approximate surface area is 108 Å². The van der Waals surface area contributed by atoms with Gasteiger partial charge in [0.1, 0.15) is 0 Å². The fourth-order valence-corrected chi connectivity index (χ4v) is 2.21. The number of carboxylic acids is 1. The van der Waals surface area contributed by atoms with E-state index in [9.17, 15) is 9.59 Å². The molecule has 0 saturated carbocycles. The van der Waals surface area contributed by atoms with E-state index in [0.717, 1.165) is 19.4 Å². The zero-order valence-corrected chi connectivity index (χ0v) is 11.5. The summed E-state index contributed by atoms with van der Waals surface area (Å²) in [6.07, 6.45) is 2.46. The zero-order valence-electron chi connectivity index (χ0n) is 11.5. The van der Waals surface area contributed by atoms with Crippen LogP contribution in [0.15, 0.2) is 0 Å². The third kappa shape index (κ3) is 5.04. The number of rotatable bonds is 5. The van der Waals surface area contributed by atoms with Gasteiger partial charge in [0.25, 0.3) is 0 Å². The molecule has 0 radical (unpaired) electrons. The highest BCUT2D eigenvalue weighted by Gasteiger charge is 2.29. The lowest BCUT2D eigenvalue weighted by atomic mass is 9.92. The number of hydrogen-bond acceptors (Lipinski definition) is 3. The molecule has 3 N–H and O–H groups in total. The smallest absolute Gasteiger partial charge is 0.303 e. The largest absolute Gasteiger partial charge is 0.481 e. The fraction of sp³-hybridized carbons (Fsp3) is 0.846. The van der Waals surface area contributed by atoms with Crippen molar-refractivity contribution in [3.63, 3.8) is 0 Å². The van der Waals surface area contributed by atoms with E-state index < -0.39 is 11.5 Å². The van der Waals surface area contributed by atoms with Crippen molar-refractivity contribution >= 4 is 11.9 Å². The number of carbonyl (C=O) groups is 2. The molecular formula is C13H24N2O3. The summed E-state index contributed by atoms with van der Waals surface area (Å²) >= 11 is 0. The summed E-state index contributed by atoms with van der Waals surface area (Å²) in [6.45, 7) is 6.74. The summed E-state index contributed by atoms with van der Waals surface area (Å²) in [5, 5.41) is 14.8. The maximum Gasteiger partial charge on any atom is 0.303 e. The molecule has 1 fully saturated rings. The number of nitrogens with one attached hydrogen (secondary N) is 2. The van der Waals surface area contributed by atoms with Crippen molar-refractivity contribution in [3.05, 3.63) is 0 Å². The molecule has 0 spiro atoms. The Morgan fingerprint density at radius 2 is 2.11 bits per heavy atom. The van der Waals surface area contributed by atoms with E-state index in [2.05, 4.69) is 17.6 Å². The van der Waals surface area contributed by atoms with Crippen molar-refractivity contribution < 1.29 is 14.7 Å². The first kappa shape index (κ1) is 15.0. The number of hydrogen-bond donors (Lipinski definition) is 3. The van der Waals surface area contributed by atoms with Gasteiger partial charge in [0.05, 0.1) is 6.04 Å². The standard InChI is InChI=1S/C13H24N2O3/c1-9-5-7-14-10(8-9)12(18)15-13(2,3)6-4-11(16)17/h9-10,14H,4-8H2,1-3H3,(H,15,18)(H,16,17). The molecule has 1 rings (SSSR count). The summed E-state index contributed by atoms with van der Waals surface area (Å²) < 4.78 is 0. The molecule has 0 aromatic rings. The average molecular weight is 256 g/mol. The summed E-state index contributed by atoms with van der Waals surface area (Å²) in [7, 11) is 0. The van der Waals surface area contributed by atoms with Gasteiger partial charge in [-0.15, -0.1) is 0 Å². The van der Waals surface area contributed by atoms with Gasteiger partial charge < -0.3 is 15.7 Å². The number of carboxylic acid groups (broad SMARTS) is 1. The van der Waals surface area contributed by atoms with Crippen LogP contribution in [0.3, 0.4) is 0 Å². The summed E-state index contributed by atoms with van der Waals surface area (Å²) in [6, 6.07) is -0.141. The number of carbonyl (C=O) groups excluding carboxylic acids is 1. The quantitative estimate of drug-likeness (QED) is 0.689. The topological polar surface area (TPSA) is 78.4 Å². The first-order valence-corrected chi connectivity index (χ1v) is 6.57. The van der Waals surface area contributed by atoms with E-state index >= 15 is 0 Å². The Bertz CT molecular complexity index is 315. The van der Waals surface area contributed by atoms with Gasteiger partial charge in [-0.2, -0.15) is 0 Å². The molecule has 0 aromatic heterocycles. The third-order valence-corrected chi connectivity index (χ3v) is 3.41. The molecule has 18 heavy (non-hydrogen) atoms. The Morgan fingerprint density at radius 1 is 1.44 bits per heavy atom. The lowest BCUT2D eigenvalue weighted by molar-refractivity contribution is -0.138. The normalized spacial score (nSPS) is 24.6. The zero-order chi connectivity index (χ0) is 13.8. The van der Waals surface area contributed by atoms with Crippen LogP contribution in [-0.4, -0.2) is 35.1 Å². The van der Waals surface area contributed by atoms with E-state index in [-0.39, 0.29) is 18.4 Å². The molecule has 1 amide bonds. The molecule has 0 aromatic carbocycles. The highest BCUT2D eigenvalue weighted by atomic mass is 16.4. The molecule has 5 nitrogen and oxygen atoms in total. The lowest BCUT2D eigenvalue weighted by Crippen LogP contribution is -2.54. The minimum atomic E-state index is -0.832. The first-order valence-electron chi connectivity index (χ1n) is 6.57. The van der Waals surface area contributed by atoms with E-state index in [1.54, 1.807) is 0 Å². The van der Waals surface area contributed by atoms with Gasteiger partial charge in [-0.1, -0.05) is 6.92 Å². The maximum absolute atomic E-state index is 12.1. The molecule has 1 saturated heterocycles. The second-order valence-corrected chi connectivity index (χ2v) is 5.90. The Balaban J connectivity index is 2.44. The average Bonchev–Trinajstić information content (AvgIpc) is 2.26. The Kier molecular flexibility index (Phi) is 5.14. The van der Waals surface area contributed by atoms with Gasteiger partial charge in [0.15, 0.2) is 0 Å². The van der Waals surface area contributed by atoms with Gasteiger partial charge in [-0.25, -0.2) is 0 Å². The minimum absolute atomic E-state index is 0.0167. The van der Waals surface area contributed by atoms with Crippen molar-refractivity contribution in [2.75, 3.05) is 6.54 Å². The summed E-state index contributed by atoms with van der Waals surface area (Å²) in [4.78, 5) is 22.6. The lowest BCUT2D eigenvalue weighted by Gasteiger charge is -2.32. The molecule has 2 unspecified atom stereocenters. The van der Waals surface area contributed by atoms with Gasteiger partial charge >= 0.3 is 5.97 Å². The summed E-state index contributed by atoms with van der Waals surface area (Å²) in [5.41, 5.74) is -0.474.